The lowest BCUT2D eigenvalue weighted by Gasteiger charge is -2.21. The van der Waals surface area contributed by atoms with Gasteiger partial charge in [0, 0.05) is 16.6 Å². The molecular weight excluding hydrogens is 229 g/mol. The van der Waals surface area contributed by atoms with Gasteiger partial charge in [-0.3, -0.25) is 0 Å². The van der Waals surface area contributed by atoms with E-state index in [2.05, 4.69) is 0 Å². The summed E-state index contributed by atoms with van der Waals surface area (Å²) in [7, 11) is 0. The molecule has 90 valence electrons. The van der Waals surface area contributed by atoms with Gasteiger partial charge in [-0.05, 0) is 30.5 Å². The van der Waals surface area contributed by atoms with Crippen molar-refractivity contribution in [1.29, 1.82) is 0 Å². The van der Waals surface area contributed by atoms with Crippen molar-refractivity contribution in [2.24, 2.45) is 11.7 Å². The number of halogens is 2. The third-order valence-electron chi connectivity index (χ3n) is 2.43. The van der Waals surface area contributed by atoms with E-state index in [-0.39, 0.29) is 5.56 Å². The van der Waals surface area contributed by atoms with Crippen LogP contribution in [-0.2, 0) is 0 Å². The van der Waals surface area contributed by atoms with Crippen LogP contribution in [0, 0.1) is 11.7 Å². The van der Waals surface area contributed by atoms with Crippen LogP contribution in [0.15, 0.2) is 18.2 Å². The van der Waals surface area contributed by atoms with E-state index in [9.17, 15) is 9.50 Å². The second kappa shape index (κ2) is 5.62. The number of aliphatic hydroxyl groups is 1. The van der Waals surface area contributed by atoms with Gasteiger partial charge in [-0.15, -0.1) is 0 Å². The van der Waals surface area contributed by atoms with E-state index in [1.165, 1.54) is 18.2 Å². The van der Waals surface area contributed by atoms with Crippen LogP contribution in [-0.4, -0.2) is 11.1 Å². The molecule has 1 rings (SSSR count). The molecule has 2 nitrogen and oxygen atoms in total. The first-order valence-electron chi connectivity index (χ1n) is 5.30. The zero-order chi connectivity index (χ0) is 12.3. The van der Waals surface area contributed by atoms with Crippen LogP contribution in [0.25, 0.3) is 0 Å². The normalized spacial score (nSPS) is 15.2. The molecule has 0 aliphatic carbocycles. The predicted octanol–water partition coefficient (Wildman–Crippen LogP) is 2.89. The predicted molar refractivity (Wildman–Crippen MR) is 63.8 cm³/mol. The van der Waals surface area contributed by atoms with E-state index < -0.39 is 18.0 Å². The highest BCUT2D eigenvalue weighted by molar-refractivity contribution is 6.30. The Bertz CT molecular complexity index is 357. The second-order valence-electron chi connectivity index (χ2n) is 4.40. The lowest BCUT2D eigenvalue weighted by molar-refractivity contribution is 0.132. The Hall–Kier alpha value is -0.640. The zero-order valence-corrected chi connectivity index (χ0v) is 10.2. The molecule has 3 N–H and O–H groups in total. The fraction of sp³-hybridized carbons (Fsp3) is 0.500. The standard InChI is InChI=1S/C12H17ClFNO/c1-7(2)5-11(15)12(16)9-6-8(13)3-4-10(9)14/h3-4,6-7,11-12,16H,5,15H2,1-2H3. The highest BCUT2D eigenvalue weighted by Gasteiger charge is 2.21. The molecule has 2 atom stereocenters. The third-order valence-corrected chi connectivity index (χ3v) is 2.66. The Kier molecular flexibility index (Phi) is 4.71. The Morgan fingerprint density at radius 3 is 2.62 bits per heavy atom. The van der Waals surface area contributed by atoms with Crippen molar-refractivity contribution >= 4 is 11.6 Å². The molecule has 0 fully saturated rings. The maximum Gasteiger partial charge on any atom is 0.129 e. The number of hydrogen-bond donors (Lipinski definition) is 2. The highest BCUT2D eigenvalue weighted by atomic mass is 35.5. The van der Waals surface area contributed by atoms with Crippen molar-refractivity contribution in [3.63, 3.8) is 0 Å². The van der Waals surface area contributed by atoms with E-state index in [1.54, 1.807) is 0 Å². The molecule has 1 aromatic rings. The van der Waals surface area contributed by atoms with Crippen molar-refractivity contribution in [3.05, 3.63) is 34.6 Å². The molecule has 0 amide bonds. The number of hydrogen-bond acceptors (Lipinski definition) is 2. The zero-order valence-electron chi connectivity index (χ0n) is 9.45. The van der Waals surface area contributed by atoms with Crippen molar-refractivity contribution in [2.45, 2.75) is 32.4 Å². The highest BCUT2D eigenvalue weighted by Crippen LogP contribution is 2.25. The van der Waals surface area contributed by atoms with E-state index in [1.807, 2.05) is 13.8 Å². The molecule has 0 heterocycles. The Labute approximate surface area is 100 Å². The summed E-state index contributed by atoms with van der Waals surface area (Å²) in [5.41, 5.74) is 5.98. The maximum absolute atomic E-state index is 13.4. The topological polar surface area (TPSA) is 46.2 Å². The molecule has 16 heavy (non-hydrogen) atoms. The van der Waals surface area contributed by atoms with Crippen molar-refractivity contribution in [1.82, 2.24) is 0 Å². The van der Waals surface area contributed by atoms with Crippen LogP contribution in [0.1, 0.15) is 31.9 Å². The fourth-order valence-electron chi connectivity index (χ4n) is 1.65. The minimum atomic E-state index is -1.01. The maximum atomic E-state index is 13.4. The van der Waals surface area contributed by atoms with Crippen LogP contribution >= 0.6 is 11.6 Å². The van der Waals surface area contributed by atoms with E-state index >= 15 is 0 Å². The number of aliphatic hydroxyl groups excluding tert-OH is 1. The summed E-state index contributed by atoms with van der Waals surface area (Å²) in [6.45, 7) is 4.00. The lowest BCUT2D eigenvalue weighted by atomic mass is 9.95. The quantitative estimate of drug-likeness (QED) is 0.857. The summed E-state index contributed by atoms with van der Waals surface area (Å²) in [4.78, 5) is 0. The minimum absolute atomic E-state index is 0.167. The van der Waals surface area contributed by atoms with E-state index in [0.29, 0.717) is 17.4 Å². The van der Waals surface area contributed by atoms with Crippen molar-refractivity contribution in [2.75, 3.05) is 0 Å². The molecule has 2 unspecified atom stereocenters. The average Bonchev–Trinajstić information content (AvgIpc) is 2.19. The Morgan fingerprint density at radius 2 is 2.06 bits per heavy atom. The van der Waals surface area contributed by atoms with Crippen LogP contribution in [0.2, 0.25) is 5.02 Å². The molecule has 0 saturated carbocycles. The molecule has 0 aliphatic rings. The summed E-state index contributed by atoms with van der Waals surface area (Å²) in [6.07, 6.45) is -0.381. The van der Waals surface area contributed by atoms with Gasteiger partial charge in [0.2, 0.25) is 0 Å². The van der Waals surface area contributed by atoms with Gasteiger partial charge >= 0.3 is 0 Å². The summed E-state index contributed by atoms with van der Waals surface area (Å²) in [6, 6.07) is 3.62. The Morgan fingerprint density at radius 1 is 1.44 bits per heavy atom. The van der Waals surface area contributed by atoms with Crippen LogP contribution in [0.4, 0.5) is 4.39 Å². The van der Waals surface area contributed by atoms with Gasteiger partial charge in [0.05, 0.1) is 6.10 Å². The van der Waals surface area contributed by atoms with Gasteiger partial charge in [0.15, 0.2) is 0 Å². The summed E-state index contributed by atoms with van der Waals surface area (Å²) in [5, 5.41) is 10.3. The Balaban J connectivity index is 2.86. The molecule has 1 aromatic carbocycles. The fourth-order valence-corrected chi connectivity index (χ4v) is 1.83. The van der Waals surface area contributed by atoms with Gasteiger partial charge in [0.25, 0.3) is 0 Å². The summed E-state index contributed by atoms with van der Waals surface area (Å²) in [5.74, 6) is -0.122. The molecule has 0 aliphatic heterocycles. The molecule has 0 radical (unpaired) electrons. The molecule has 4 heteroatoms. The summed E-state index contributed by atoms with van der Waals surface area (Å²) < 4.78 is 13.4. The van der Waals surface area contributed by atoms with Gasteiger partial charge in [-0.1, -0.05) is 25.4 Å². The molecule has 0 spiro atoms. The van der Waals surface area contributed by atoms with Crippen molar-refractivity contribution < 1.29 is 9.50 Å². The number of rotatable bonds is 4. The average molecular weight is 246 g/mol. The molecule has 0 bridgehead atoms. The lowest BCUT2D eigenvalue weighted by Crippen LogP contribution is -2.30. The van der Waals surface area contributed by atoms with Crippen LogP contribution in [0.3, 0.4) is 0 Å². The van der Waals surface area contributed by atoms with E-state index in [0.717, 1.165) is 0 Å². The van der Waals surface area contributed by atoms with E-state index in [4.69, 9.17) is 17.3 Å². The van der Waals surface area contributed by atoms with Gasteiger partial charge in [-0.25, -0.2) is 4.39 Å². The summed E-state index contributed by atoms with van der Waals surface area (Å²) >= 11 is 5.75. The largest absolute Gasteiger partial charge is 0.387 e. The van der Waals surface area contributed by atoms with Crippen molar-refractivity contribution in [3.8, 4) is 0 Å². The van der Waals surface area contributed by atoms with Crippen LogP contribution < -0.4 is 5.73 Å². The monoisotopic (exact) mass is 245 g/mol. The van der Waals surface area contributed by atoms with Gasteiger partial charge in [-0.2, -0.15) is 0 Å². The first-order valence-corrected chi connectivity index (χ1v) is 5.68. The first-order chi connectivity index (χ1) is 7.41. The van der Waals surface area contributed by atoms with Gasteiger partial charge in [0.1, 0.15) is 5.82 Å². The number of benzene rings is 1. The molecular formula is C12H17ClFNO. The smallest absolute Gasteiger partial charge is 0.129 e. The minimum Gasteiger partial charge on any atom is -0.387 e. The first kappa shape index (κ1) is 13.4. The SMILES string of the molecule is CC(C)CC(N)C(O)c1cc(Cl)ccc1F. The van der Waals surface area contributed by atoms with Crippen LogP contribution in [0.5, 0.6) is 0 Å². The van der Waals surface area contributed by atoms with Gasteiger partial charge < -0.3 is 10.8 Å². The molecule has 0 saturated heterocycles. The second-order valence-corrected chi connectivity index (χ2v) is 4.84. The third kappa shape index (κ3) is 3.44. The molecule has 0 aromatic heterocycles. The number of nitrogens with two attached hydrogens (primary N) is 1.